The molecule has 0 unspecified atom stereocenters. The van der Waals surface area contributed by atoms with Crippen LogP contribution in [-0.2, 0) is 11.0 Å². The van der Waals surface area contributed by atoms with Gasteiger partial charge in [0.2, 0.25) is 0 Å². The first-order valence-corrected chi connectivity index (χ1v) is 12.1. The molecule has 4 rings (SSSR count). The topological polar surface area (TPSA) is 88.4 Å². The maximum Gasteiger partial charge on any atom is 0.417 e. The number of nitro benzene ring substituents is 1. The van der Waals surface area contributed by atoms with Crippen LogP contribution in [0.1, 0.15) is 11.1 Å². The van der Waals surface area contributed by atoms with Crippen molar-refractivity contribution >= 4 is 81.3 Å². The van der Waals surface area contributed by atoms with Crippen LogP contribution in [0, 0.1) is 10.1 Å². The molecule has 1 N–H and O–H groups in total. The average molecular weight is 581 g/mol. The molecule has 2 heterocycles. The highest BCUT2D eigenvalue weighted by molar-refractivity contribution is 7.99. The predicted molar refractivity (Wildman–Crippen MR) is 142 cm³/mol. The summed E-state index contributed by atoms with van der Waals surface area (Å²) in [7, 11) is 0. The number of amides is 1. The second-order valence-electron chi connectivity index (χ2n) is 7.40. The number of hydrogen-bond acceptors (Lipinski definition) is 7. The van der Waals surface area contributed by atoms with Crippen LogP contribution in [0.3, 0.4) is 0 Å². The Morgan fingerprint density at radius 2 is 1.81 bits per heavy atom. The minimum atomic E-state index is -4.54. The normalized spacial score (nSPS) is 15.2. The van der Waals surface area contributed by atoms with E-state index in [2.05, 4.69) is 10.3 Å². The number of carbonyl (C=O) groups is 1. The van der Waals surface area contributed by atoms with E-state index in [1.165, 1.54) is 35.2 Å². The van der Waals surface area contributed by atoms with E-state index in [4.69, 9.17) is 36.0 Å². The van der Waals surface area contributed by atoms with Crippen LogP contribution in [0.2, 0.25) is 5.02 Å². The minimum Gasteiger partial charge on any atom is -0.298 e. The van der Waals surface area contributed by atoms with E-state index in [1.807, 2.05) is 0 Å². The lowest BCUT2D eigenvalue weighted by Gasteiger charge is -2.31. The molecule has 0 aliphatic carbocycles. The third-order valence-corrected chi connectivity index (χ3v) is 6.95. The second kappa shape index (κ2) is 10.5. The van der Waals surface area contributed by atoms with Crippen LogP contribution >= 0.6 is 47.8 Å². The van der Waals surface area contributed by atoms with Crippen LogP contribution < -0.4 is 10.2 Å². The minimum absolute atomic E-state index is 0.00118. The Morgan fingerprint density at radius 1 is 1.11 bits per heavy atom. The van der Waals surface area contributed by atoms with E-state index in [9.17, 15) is 28.1 Å². The van der Waals surface area contributed by atoms with Gasteiger partial charge in [0.15, 0.2) is 5.11 Å². The lowest BCUT2D eigenvalue weighted by Crippen LogP contribution is -2.53. The van der Waals surface area contributed by atoms with Crippen LogP contribution in [-0.4, -0.2) is 25.9 Å². The number of nitrogens with zero attached hydrogens (tertiary/aromatic N) is 3. The smallest absolute Gasteiger partial charge is 0.298 e. The van der Waals surface area contributed by atoms with Crippen molar-refractivity contribution in [3.05, 3.63) is 92.6 Å². The molecular formula is C23H12ClF3N4O3S3. The SMILES string of the molecule is O=C1NC(=S)N(c2ccc(Cl)cc2)C(=S)C1=Cc1cc([N+](=O)[O-])ccc1Sc1ccc(C(F)(F)F)cn1. The van der Waals surface area contributed by atoms with Crippen LogP contribution in [0.4, 0.5) is 24.5 Å². The van der Waals surface area contributed by atoms with E-state index in [1.54, 1.807) is 24.3 Å². The van der Waals surface area contributed by atoms with Gasteiger partial charge in [-0.05, 0) is 66.3 Å². The molecule has 0 bridgehead atoms. The fourth-order valence-corrected chi connectivity index (χ4v) is 4.87. The molecule has 1 aromatic heterocycles. The molecule has 188 valence electrons. The number of rotatable bonds is 5. The monoisotopic (exact) mass is 580 g/mol. The summed E-state index contributed by atoms with van der Waals surface area (Å²) in [6.45, 7) is 0. The second-order valence-corrected chi connectivity index (χ2v) is 9.67. The number of benzene rings is 2. The molecule has 37 heavy (non-hydrogen) atoms. The van der Waals surface area contributed by atoms with Crippen LogP contribution in [0.15, 0.2) is 76.3 Å². The van der Waals surface area contributed by atoms with Crippen molar-refractivity contribution in [2.24, 2.45) is 0 Å². The van der Waals surface area contributed by atoms with Crippen molar-refractivity contribution in [3.8, 4) is 0 Å². The number of nitro groups is 1. The number of thiocarbonyl (C=S) groups is 2. The first-order valence-electron chi connectivity index (χ1n) is 10.1. The molecule has 2 aromatic carbocycles. The Kier molecular flexibility index (Phi) is 7.59. The van der Waals surface area contributed by atoms with Crippen molar-refractivity contribution in [2.75, 3.05) is 4.90 Å². The van der Waals surface area contributed by atoms with Crippen molar-refractivity contribution in [1.29, 1.82) is 0 Å². The summed E-state index contributed by atoms with van der Waals surface area (Å²) in [6, 6.07) is 12.5. The zero-order valence-corrected chi connectivity index (χ0v) is 21.4. The summed E-state index contributed by atoms with van der Waals surface area (Å²) < 4.78 is 38.6. The summed E-state index contributed by atoms with van der Waals surface area (Å²) >= 11 is 17.7. The van der Waals surface area contributed by atoms with Crippen molar-refractivity contribution in [3.63, 3.8) is 0 Å². The Bertz CT molecular complexity index is 1460. The fraction of sp³-hybridized carbons (Fsp3) is 0.0435. The molecule has 3 aromatic rings. The molecule has 0 radical (unpaired) electrons. The number of hydrogen-bond donors (Lipinski definition) is 1. The largest absolute Gasteiger partial charge is 0.417 e. The molecule has 0 atom stereocenters. The Labute approximate surface area is 227 Å². The van der Waals surface area contributed by atoms with E-state index in [0.717, 1.165) is 17.8 Å². The van der Waals surface area contributed by atoms with Gasteiger partial charge < -0.3 is 0 Å². The lowest BCUT2D eigenvalue weighted by molar-refractivity contribution is -0.384. The predicted octanol–water partition coefficient (Wildman–Crippen LogP) is 6.45. The highest BCUT2D eigenvalue weighted by Gasteiger charge is 2.32. The molecule has 7 nitrogen and oxygen atoms in total. The highest BCUT2D eigenvalue weighted by atomic mass is 35.5. The van der Waals surface area contributed by atoms with Crippen molar-refractivity contribution < 1.29 is 22.9 Å². The van der Waals surface area contributed by atoms with Gasteiger partial charge in [-0.25, -0.2) is 4.98 Å². The van der Waals surface area contributed by atoms with E-state index < -0.39 is 22.6 Å². The maximum absolute atomic E-state index is 12.9. The molecule has 14 heteroatoms. The fourth-order valence-electron chi connectivity index (χ4n) is 3.21. The van der Waals surface area contributed by atoms with Gasteiger partial charge in [-0.1, -0.05) is 35.6 Å². The Morgan fingerprint density at radius 3 is 2.41 bits per heavy atom. The van der Waals surface area contributed by atoms with E-state index in [0.29, 0.717) is 21.8 Å². The van der Waals surface area contributed by atoms with Crippen molar-refractivity contribution in [2.45, 2.75) is 16.1 Å². The number of carbonyl (C=O) groups excluding carboxylic acids is 1. The number of aromatic nitrogens is 1. The number of alkyl halides is 3. The molecule has 1 amide bonds. The number of nitrogens with one attached hydrogen (secondary N) is 1. The number of anilines is 1. The molecule has 1 aliphatic rings. The van der Waals surface area contributed by atoms with Crippen LogP contribution in [0.25, 0.3) is 6.08 Å². The number of halogens is 4. The van der Waals surface area contributed by atoms with Gasteiger partial charge in [-0.2, -0.15) is 13.2 Å². The van der Waals surface area contributed by atoms with Gasteiger partial charge >= 0.3 is 6.18 Å². The first kappa shape index (κ1) is 26.7. The van der Waals surface area contributed by atoms with Gasteiger partial charge in [-0.3, -0.25) is 25.1 Å². The summed E-state index contributed by atoms with van der Waals surface area (Å²) in [5, 5.41) is 14.7. The van der Waals surface area contributed by atoms with Crippen LogP contribution in [0.5, 0.6) is 0 Å². The first-order chi connectivity index (χ1) is 17.4. The standard InChI is InChI=1S/C23H12ClF3N4O3S3/c24-14-2-4-15(5-3-14)30-21(35)17(20(32)29-22(30)36)10-12-9-16(31(33)34)6-7-18(12)37-19-8-1-13(11-28-19)23(25,26)27/h1-11H,(H,29,32,36). The molecule has 0 saturated carbocycles. The summed E-state index contributed by atoms with van der Waals surface area (Å²) in [4.78, 5) is 29.3. The van der Waals surface area contributed by atoms with Crippen molar-refractivity contribution in [1.82, 2.24) is 10.3 Å². The van der Waals surface area contributed by atoms with Gasteiger partial charge in [0, 0.05) is 33.9 Å². The van der Waals surface area contributed by atoms with Gasteiger partial charge in [-0.15, -0.1) is 0 Å². The molecule has 1 aliphatic heterocycles. The quantitative estimate of drug-likeness (QED) is 0.160. The van der Waals surface area contributed by atoms with Gasteiger partial charge in [0.05, 0.1) is 16.1 Å². The van der Waals surface area contributed by atoms with E-state index >= 15 is 0 Å². The zero-order valence-electron chi connectivity index (χ0n) is 18.2. The lowest BCUT2D eigenvalue weighted by atomic mass is 10.1. The third kappa shape index (κ3) is 5.96. The average Bonchev–Trinajstić information content (AvgIpc) is 2.83. The molecule has 0 spiro atoms. The number of pyridine rings is 1. The van der Waals surface area contributed by atoms with Gasteiger partial charge in [0.1, 0.15) is 10.0 Å². The Hall–Kier alpha value is -3.39. The molecular weight excluding hydrogens is 569 g/mol. The number of non-ortho nitro benzene ring substituents is 1. The molecule has 1 saturated heterocycles. The summed E-state index contributed by atoms with van der Waals surface area (Å²) in [5.74, 6) is -0.615. The molecule has 1 fully saturated rings. The van der Waals surface area contributed by atoms with E-state index in [-0.39, 0.29) is 32.0 Å². The van der Waals surface area contributed by atoms with Gasteiger partial charge in [0.25, 0.3) is 11.6 Å². The maximum atomic E-state index is 12.9. The summed E-state index contributed by atoms with van der Waals surface area (Å²) in [6.07, 6.45) is -2.48. The Balaban J connectivity index is 1.74. The summed E-state index contributed by atoms with van der Waals surface area (Å²) in [5.41, 5.74) is -0.402. The zero-order chi connectivity index (χ0) is 26.9. The highest BCUT2D eigenvalue weighted by Crippen LogP contribution is 2.35. The third-order valence-electron chi connectivity index (χ3n) is 4.97.